The summed E-state index contributed by atoms with van der Waals surface area (Å²) < 4.78 is 136. The predicted molar refractivity (Wildman–Crippen MR) is 279 cm³/mol. The molecule has 79 heavy (non-hydrogen) atoms. The summed E-state index contributed by atoms with van der Waals surface area (Å²) in [5, 5.41) is 4.61. The van der Waals surface area contributed by atoms with E-state index < -0.39 is 86.0 Å². The number of carbonyl (C=O) groups excluding carboxylic acids is 4. The number of methoxy groups -OCH3 is 1. The van der Waals surface area contributed by atoms with Crippen molar-refractivity contribution >= 4 is 67.3 Å². The van der Waals surface area contributed by atoms with E-state index in [1.54, 1.807) is 30.3 Å². The topological polar surface area (TPSA) is 268 Å². The van der Waals surface area contributed by atoms with Crippen molar-refractivity contribution in [3.05, 3.63) is 155 Å². The molecule has 0 aliphatic carbocycles. The Bertz CT molecular complexity index is 3370. The molecule has 22 nitrogen and oxygen atoms in total. The van der Waals surface area contributed by atoms with Gasteiger partial charge in [0.05, 0.1) is 30.9 Å². The highest BCUT2D eigenvalue weighted by Crippen LogP contribution is 2.28. The van der Waals surface area contributed by atoms with Gasteiger partial charge in [-0.25, -0.2) is 69.5 Å². The maximum atomic E-state index is 13.8. The fraction of sp³-hybridized carbons (Fsp3) is 0.280. The van der Waals surface area contributed by atoms with Crippen molar-refractivity contribution in [1.29, 1.82) is 0 Å². The standard InChI is InChI=1S/C25H25F3N6O5S.C24H24F2N6O5S.CH4/c1-15(26)39-22-6-5-20(14-30-22)33(2)24(35)21(12-16-10-18(27)13-19(28)11-16)31-25(36)32-40(37,38)34-9-7-17-4-3-8-29-23(17)34;1-31(19-5-6-21(37-2)28-14-19)23(33)20(12-15-10-17(25)13-18(26)11-15)29-24(34)30-38(35,36)32-9-7-16-4-3-8-27-22(16)32;/h3-6,8,10-11,13-15,21H,7,9,12H2,1-2H3,(H2,31,32,36);3-6,8,10-11,13-14,20H,7,9,12H2,1-2H3,(H2,29,30,34);1H4/t15?,21-;20-;/m00./s1. The number of ether oxygens (including phenoxy) is 2. The van der Waals surface area contributed by atoms with Crippen LogP contribution in [0, 0.1) is 23.3 Å². The zero-order valence-corrected chi connectivity index (χ0v) is 43.4. The van der Waals surface area contributed by atoms with E-state index >= 15 is 0 Å². The molecule has 3 atom stereocenters. The van der Waals surface area contributed by atoms with Crippen LogP contribution < -0.4 is 48.0 Å². The van der Waals surface area contributed by atoms with Crippen LogP contribution in [-0.2, 0) is 55.7 Å². The van der Waals surface area contributed by atoms with Crippen LogP contribution in [0.25, 0.3) is 0 Å². The Hall–Kier alpha value is -8.73. The van der Waals surface area contributed by atoms with E-state index in [1.165, 1.54) is 76.0 Å². The normalized spacial score (nSPS) is 13.6. The molecule has 2 aliphatic heterocycles. The van der Waals surface area contributed by atoms with Crippen LogP contribution in [0.15, 0.2) is 110 Å². The van der Waals surface area contributed by atoms with E-state index in [0.717, 1.165) is 37.8 Å². The average Bonchev–Trinajstić information content (AvgIpc) is 4.08. The quantitative estimate of drug-likeness (QED) is 0.0855. The summed E-state index contributed by atoms with van der Waals surface area (Å²) in [4.78, 5) is 70.8. The fourth-order valence-electron chi connectivity index (χ4n) is 8.09. The molecule has 4 N–H and O–H groups in total. The van der Waals surface area contributed by atoms with Crippen molar-refractivity contribution in [2.45, 2.75) is 58.5 Å². The summed E-state index contributed by atoms with van der Waals surface area (Å²) in [5.41, 5.74) is 2.04. The molecule has 2 aliphatic rings. The molecule has 0 fully saturated rings. The van der Waals surface area contributed by atoms with Gasteiger partial charge in [0.2, 0.25) is 29.9 Å². The third-order valence-corrected chi connectivity index (χ3v) is 14.5. The van der Waals surface area contributed by atoms with Crippen LogP contribution in [0.1, 0.15) is 36.6 Å². The summed E-state index contributed by atoms with van der Waals surface area (Å²) in [6, 6.07) is 12.6. The number of anilines is 4. The Morgan fingerprint density at radius 1 is 0.620 bits per heavy atom. The van der Waals surface area contributed by atoms with Gasteiger partial charge in [-0.2, -0.15) is 16.8 Å². The van der Waals surface area contributed by atoms with E-state index in [9.17, 15) is 58.0 Å². The second-order valence-electron chi connectivity index (χ2n) is 17.2. The van der Waals surface area contributed by atoms with Crippen LogP contribution in [0.4, 0.5) is 54.6 Å². The lowest BCUT2D eigenvalue weighted by atomic mass is 10.0. The number of pyridine rings is 4. The molecule has 29 heteroatoms. The number of nitrogens with one attached hydrogen (secondary N) is 4. The van der Waals surface area contributed by atoms with Crippen LogP contribution in [0.5, 0.6) is 11.8 Å². The minimum Gasteiger partial charge on any atom is -0.481 e. The maximum absolute atomic E-state index is 13.8. The predicted octanol–water partition coefficient (Wildman–Crippen LogP) is 5.21. The number of halogens is 5. The molecule has 0 bridgehead atoms. The number of alkyl halides is 1. The first-order valence-corrected chi connectivity index (χ1v) is 26.2. The number of aromatic nitrogens is 4. The van der Waals surface area contributed by atoms with Gasteiger partial charge in [0, 0.05) is 83.6 Å². The van der Waals surface area contributed by atoms with Gasteiger partial charge in [0.15, 0.2) is 0 Å². The first-order valence-electron chi connectivity index (χ1n) is 23.3. The molecule has 4 aromatic heterocycles. The summed E-state index contributed by atoms with van der Waals surface area (Å²) in [6.07, 6.45) is 3.91. The van der Waals surface area contributed by atoms with Gasteiger partial charge in [0.1, 0.15) is 47.0 Å². The highest BCUT2D eigenvalue weighted by Gasteiger charge is 2.36. The maximum Gasteiger partial charge on any atom is 0.330 e. The highest BCUT2D eigenvalue weighted by molar-refractivity contribution is 7.91. The van der Waals surface area contributed by atoms with Gasteiger partial charge in [-0.3, -0.25) is 9.59 Å². The van der Waals surface area contributed by atoms with E-state index in [-0.39, 0.29) is 67.7 Å². The van der Waals surface area contributed by atoms with E-state index in [2.05, 4.69) is 30.6 Å². The van der Waals surface area contributed by atoms with Crippen LogP contribution in [-0.4, -0.2) is 113 Å². The molecule has 0 spiro atoms. The number of hydrogen-bond donors (Lipinski definition) is 4. The number of urea groups is 2. The number of hydrogen-bond acceptors (Lipinski definition) is 14. The third-order valence-electron chi connectivity index (χ3n) is 11.7. The molecule has 0 radical (unpaired) electrons. The molecule has 6 aromatic rings. The lowest BCUT2D eigenvalue weighted by molar-refractivity contribution is -0.120. The number of amides is 6. The van der Waals surface area contributed by atoms with Gasteiger partial charge in [-0.15, -0.1) is 0 Å². The van der Waals surface area contributed by atoms with Crippen LogP contribution >= 0.6 is 0 Å². The van der Waals surface area contributed by atoms with E-state index in [4.69, 9.17) is 9.47 Å². The molecule has 8 rings (SSSR count). The van der Waals surface area contributed by atoms with Crippen molar-refractivity contribution in [2.75, 3.05) is 52.7 Å². The van der Waals surface area contributed by atoms with Crippen molar-refractivity contribution in [3.63, 3.8) is 0 Å². The molecule has 6 heterocycles. The Balaban J connectivity index is 0.000000252. The second kappa shape index (κ2) is 25.6. The van der Waals surface area contributed by atoms with Crippen molar-refractivity contribution < 1.29 is 67.4 Å². The third kappa shape index (κ3) is 15.3. The molecule has 420 valence electrons. The first kappa shape index (κ1) is 59.5. The monoisotopic (exact) mass is 1140 g/mol. The Morgan fingerprint density at radius 3 is 1.37 bits per heavy atom. The number of benzene rings is 2. The van der Waals surface area contributed by atoms with Crippen molar-refractivity contribution in [2.24, 2.45) is 0 Å². The minimum atomic E-state index is -4.41. The number of carbonyl (C=O) groups is 4. The smallest absolute Gasteiger partial charge is 0.330 e. The molecular formula is C50H53F5N12O10S2. The molecule has 6 amide bonds. The molecule has 1 unspecified atom stereocenters. The van der Waals surface area contributed by atoms with Gasteiger partial charge >= 0.3 is 32.5 Å². The zero-order valence-electron chi connectivity index (χ0n) is 41.7. The molecular weight excluding hydrogens is 1090 g/mol. The Kier molecular flexibility index (Phi) is 19.3. The van der Waals surface area contributed by atoms with Crippen LogP contribution in [0.2, 0.25) is 0 Å². The van der Waals surface area contributed by atoms with Gasteiger partial charge in [0.25, 0.3) is 0 Å². The van der Waals surface area contributed by atoms with Gasteiger partial charge < -0.3 is 29.9 Å². The SMILES string of the molecule is C.CC(F)Oc1ccc(N(C)C(=O)[C@H](Cc2cc(F)cc(F)c2)NC(=O)NS(=O)(=O)N2CCc3cccnc32)cn1.COc1ccc(N(C)C(=O)[C@H](Cc2cc(F)cc(F)c2)NC(=O)NS(=O)(=O)N2CCc3cccnc32)cn1. The fourth-order valence-corrected chi connectivity index (χ4v) is 10.3. The van der Waals surface area contributed by atoms with E-state index in [0.29, 0.717) is 47.7 Å². The lowest BCUT2D eigenvalue weighted by Crippen LogP contribution is -2.54. The number of nitrogens with zero attached hydrogens (tertiary/aromatic N) is 8. The largest absolute Gasteiger partial charge is 0.481 e. The molecule has 2 aromatic carbocycles. The molecule has 0 saturated carbocycles. The van der Waals surface area contributed by atoms with Gasteiger partial charge in [-0.1, -0.05) is 19.6 Å². The summed E-state index contributed by atoms with van der Waals surface area (Å²) >= 11 is 0. The average molecular weight is 1140 g/mol. The summed E-state index contributed by atoms with van der Waals surface area (Å²) in [5.74, 6) is -4.35. The summed E-state index contributed by atoms with van der Waals surface area (Å²) in [6.45, 7) is 1.30. The number of likely N-dealkylation sites (N-methyl/N-ethyl adjacent to an activating group) is 2. The number of fused-ring (bicyclic) bond motifs is 2. The van der Waals surface area contributed by atoms with Crippen molar-refractivity contribution in [1.82, 2.24) is 40.0 Å². The van der Waals surface area contributed by atoms with Crippen LogP contribution in [0.3, 0.4) is 0 Å². The van der Waals surface area contributed by atoms with Gasteiger partial charge in [-0.05, 0) is 83.6 Å². The zero-order chi connectivity index (χ0) is 56.5. The van der Waals surface area contributed by atoms with Crippen molar-refractivity contribution in [3.8, 4) is 11.8 Å². The minimum absolute atomic E-state index is 0. The summed E-state index contributed by atoms with van der Waals surface area (Å²) in [7, 11) is -4.59. The number of rotatable bonds is 17. The Labute approximate surface area is 451 Å². The second-order valence-corrected chi connectivity index (χ2v) is 20.4. The molecule has 0 saturated heterocycles. The highest BCUT2D eigenvalue weighted by atomic mass is 32.2. The van der Waals surface area contributed by atoms with E-state index in [1.807, 2.05) is 9.44 Å². The lowest BCUT2D eigenvalue weighted by Gasteiger charge is -2.25. The first-order chi connectivity index (χ1) is 37.0. The Morgan fingerprint density at radius 2 is 1.01 bits per heavy atom.